The van der Waals surface area contributed by atoms with E-state index in [-0.39, 0.29) is 0 Å². The third kappa shape index (κ3) is 6.90. The van der Waals surface area contributed by atoms with E-state index in [0.29, 0.717) is 18.1 Å². The first kappa shape index (κ1) is 34.4. The van der Waals surface area contributed by atoms with Gasteiger partial charge in [0.2, 0.25) is 0 Å². The maximum Gasteiger partial charge on any atom is 0.160 e. The SMILES string of the molecule is CC1=C(c2ccccc2)N=C(c2cccc(-c3ccccc3)c2)N=C(c2cccc(-c3cc(-c4ccc5c(c4)sc4ccccc45)nc(-c4ccccc4)n3)c2)C1. The van der Waals surface area contributed by atoms with Crippen LogP contribution in [0.15, 0.2) is 204 Å². The van der Waals surface area contributed by atoms with Gasteiger partial charge < -0.3 is 0 Å². The van der Waals surface area contributed by atoms with Crippen molar-refractivity contribution >= 4 is 48.8 Å². The number of rotatable bonds is 7. The summed E-state index contributed by atoms with van der Waals surface area (Å²) in [4.78, 5) is 21.0. The number of thiophene rings is 1. The minimum atomic E-state index is 0.651. The van der Waals surface area contributed by atoms with Gasteiger partial charge in [-0.25, -0.2) is 20.0 Å². The second-order valence-corrected chi connectivity index (χ2v) is 15.4. The molecule has 0 aliphatic carbocycles. The second kappa shape index (κ2) is 14.9. The molecule has 0 atom stereocenters. The zero-order valence-electron chi connectivity index (χ0n) is 31.3. The number of benzene rings is 7. The van der Waals surface area contributed by atoms with E-state index < -0.39 is 0 Å². The molecule has 7 aromatic carbocycles. The van der Waals surface area contributed by atoms with Crippen molar-refractivity contribution in [1.82, 2.24) is 9.97 Å². The van der Waals surface area contributed by atoms with Crippen LogP contribution in [-0.2, 0) is 0 Å². The summed E-state index contributed by atoms with van der Waals surface area (Å²) in [5, 5.41) is 2.55. The van der Waals surface area contributed by atoms with Gasteiger partial charge in [-0.05, 0) is 59.5 Å². The van der Waals surface area contributed by atoms with Crippen molar-refractivity contribution in [2.24, 2.45) is 9.98 Å². The average Bonchev–Trinajstić information content (AvgIpc) is 3.56. The summed E-state index contributed by atoms with van der Waals surface area (Å²) in [7, 11) is 0. The first-order valence-corrected chi connectivity index (χ1v) is 20.0. The Labute approximate surface area is 336 Å². The van der Waals surface area contributed by atoms with Crippen LogP contribution in [0.2, 0.25) is 0 Å². The minimum absolute atomic E-state index is 0.651. The van der Waals surface area contributed by atoms with Crippen LogP contribution in [0.25, 0.3) is 70.9 Å². The minimum Gasteiger partial charge on any atom is -0.232 e. The van der Waals surface area contributed by atoms with Gasteiger partial charge in [-0.1, -0.05) is 158 Å². The van der Waals surface area contributed by atoms with Crippen LogP contribution in [0.3, 0.4) is 0 Å². The van der Waals surface area contributed by atoms with Gasteiger partial charge in [0.05, 0.1) is 22.8 Å². The van der Waals surface area contributed by atoms with Crippen LogP contribution in [0.4, 0.5) is 0 Å². The van der Waals surface area contributed by atoms with E-state index in [1.807, 2.05) is 41.7 Å². The fourth-order valence-corrected chi connectivity index (χ4v) is 8.75. The summed E-state index contributed by atoms with van der Waals surface area (Å²) in [5.41, 5.74) is 13.2. The summed E-state index contributed by atoms with van der Waals surface area (Å²) in [6.45, 7) is 2.17. The van der Waals surface area contributed by atoms with Crippen LogP contribution in [0.1, 0.15) is 30.0 Å². The Morgan fingerprint density at radius 3 is 1.72 bits per heavy atom. The normalized spacial score (nSPS) is 13.1. The summed E-state index contributed by atoms with van der Waals surface area (Å²) in [6.07, 6.45) is 0.651. The maximum absolute atomic E-state index is 5.38. The lowest BCUT2D eigenvalue weighted by atomic mass is 9.97. The van der Waals surface area contributed by atoms with Crippen LogP contribution >= 0.6 is 11.3 Å². The third-order valence-corrected chi connectivity index (χ3v) is 11.6. The summed E-state index contributed by atoms with van der Waals surface area (Å²) in [5.74, 6) is 1.38. The molecule has 4 nitrogen and oxygen atoms in total. The lowest BCUT2D eigenvalue weighted by Gasteiger charge is -2.12. The molecule has 1 aliphatic rings. The Bertz CT molecular complexity index is 3030. The fourth-order valence-electron chi connectivity index (χ4n) is 7.60. The van der Waals surface area contributed by atoms with Crippen molar-refractivity contribution in [3.05, 3.63) is 210 Å². The standard InChI is InChI=1S/C52H36N4S/c1-34-29-45(53-52(56-50(34)36-17-7-3-8-18-36)42-24-13-21-38(30-42)35-15-5-2-6-16-35)39-22-14-23-40(31-39)46-33-47(55-51(54-46)37-19-9-4-10-20-37)41-27-28-44-43-25-11-12-26-48(43)57-49(44)32-41/h2-28,30-33H,29H2,1H3. The number of amidine groups is 1. The van der Waals surface area contributed by atoms with Crippen LogP contribution in [0, 0.1) is 0 Å². The Balaban J connectivity index is 1.09. The number of hydrogen-bond donors (Lipinski definition) is 0. The molecule has 10 rings (SSSR count). The van der Waals surface area contributed by atoms with E-state index in [0.717, 1.165) is 72.9 Å². The molecule has 0 fully saturated rings. The molecular formula is C52H36N4S. The zero-order chi connectivity index (χ0) is 38.1. The molecule has 0 radical (unpaired) electrons. The van der Waals surface area contributed by atoms with Crippen LogP contribution < -0.4 is 0 Å². The topological polar surface area (TPSA) is 50.5 Å². The highest BCUT2D eigenvalue weighted by Crippen LogP contribution is 2.37. The van der Waals surface area contributed by atoms with E-state index in [1.54, 1.807) is 0 Å². The zero-order valence-corrected chi connectivity index (χ0v) is 32.1. The van der Waals surface area contributed by atoms with Gasteiger partial charge in [-0.2, -0.15) is 0 Å². The van der Waals surface area contributed by atoms with E-state index in [1.165, 1.54) is 20.2 Å². The van der Waals surface area contributed by atoms with E-state index in [2.05, 4.69) is 165 Å². The number of hydrogen-bond acceptors (Lipinski definition) is 5. The Morgan fingerprint density at radius 2 is 0.965 bits per heavy atom. The molecule has 0 N–H and O–H groups in total. The molecule has 57 heavy (non-hydrogen) atoms. The largest absolute Gasteiger partial charge is 0.232 e. The number of fused-ring (bicyclic) bond motifs is 3. The van der Waals surface area contributed by atoms with Gasteiger partial charge in [-0.15, -0.1) is 11.3 Å². The number of aliphatic imine (C=N–C) groups is 2. The summed E-state index contributed by atoms with van der Waals surface area (Å²) >= 11 is 1.82. The Kier molecular flexibility index (Phi) is 8.98. The van der Waals surface area contributed by atoms with Crippen molar-refractivity contribution in [2.75, 3.05) is 0 Å². The average molecular weight is 749 g/mol. The van der Waals surface area contributed by atoms with Crippen molar-refractivity contribution in [2.45, 2.75) is 13.3 Å². The van der Waals surface area contributed by atoms with Crippen LogP contribution in [-0.4, -0.2) is 21.5 Å². The molecule has 0 bridgehead atoms. The van der Waals surface area contributed by atoms with Crippen molar-refractivity contribution < 1.29 is 0 Å². The molecule has 0 amide bonds. The molecule has 3 heterocycles. The third-order valence-electron chi connectivity index (χ3n) is 10.5. The first-order chi connectivity index (χ1) is 28.1. The predicted molar refractivity (Wildman–Crippen MR) is 240 cm³/mol. The van der Waals surface area contributed by atoms with Crippen molar-refractivity contribution in [3.8, 4) is 45.0 Å². The molecule has 270 valence electrons. The first-order valence-electron chi connectivity index (χ1n) is 19.2. The summed E-state index contributed by atoms with van der Waals surface area (Å²) in [6, 6.07) is 65.7. The number of allylic oxidation sites excluding steroid dienone is 1. The molecular weight excluding hydrogens is 713 g/mol. The lowest BCUT2D eigenvalue weighted by molar-refractivity contribution is 1.18. The highest BCUT2D eigenvalue weighted by molar-refractivity contribution is 7.25. The van der Waals surface area contributed by atoms with Crippen molar-refractivity contribution in [3.63, 3.8) is 0 Å². The lowest BCUT2D eigenvalue weighted by Crippen LogP contribution is -2.06. The second-order valence-electron chi connectivity index (χ2n) is 14.3. The van der Waals surface area contributed by atoms with E-state index in [9.17, 15) is 0 Å². The highest BCUT2D eigenvalue weighted by Gasteiger charge is 2.19. The Morgan fingerprint density at radius 1 is 0.404 bits per heavy atom. The van der Waals surface area contributed by atoms with Gasteiger partial charge in [0.1, 0.15) is 0 Å². The summed E-state index contributed by atoms with van der Waals surface area (Å²) < 4.78 is 2.53. The van der Waals surface area contributed by atoms with Gasteiger partial charge in [-0.3, -0.25) is 0 Å². The smallest absolute Gasteiger partial charge is 0.160 e. The highest BCUT2D eigenvalue weighted by atomic mass is 32.1. The van der Waals surface area contributed by atoms with Gasteiger partial charge in [0, 0.05) is 54.4 Å². The molecule has 0 saturated carbocycles. The molecule has 2 aromatic heterocycles. The van der Waals surface area contributed by atoms with E-state index >= 15 is 0 Å². The molecule has 1 aliphatic heterocycles. The number of nitrogens with zero attached hydrogens (tertiary/aromatic N) is 4. The van der Waals surface area contributed by atoms with Crippen molar-refractivity contribution in [1.29, 1.82) is 0 Å². The molecule has 5 heteroatoms. The van der Waals surface area contributed by atoms with Gasteiger partial charge in [0.25, 0.3) is 0 Å². The molecule has 0 unspecified atom stereocenters. The molecule has 9 aromatic rings. The molecule has 0 spiro atoms. The number of aromatic nitrogens is 2. The fraction of sp³-hybridized carbons (Fsp3) is 0.0385. The van der Waals surface area contributed by atoms with E-state index in [4.69, 9.17) is 20.0 Å². The van der Waals surface area contributed by atoms with Crippen LogP contribution in [0.5, 0.6) is 0 Å². The predicted octanol–water partition coefficient (Wildman–Crippen LogP) is 13.6. The quantitative estimate of drug-likeness (QED) is 0.163. The maximum atomic E-state index is 5.38. The molecule has 0 saturated heterocycles. The Hall–Kier alpha value is -7.08. The monoisotopic (exact) mass is 748 g/mol. The van der Waals surface area contributed by atoms with Gasteiger partial charge >= 0.3 is 0 Å². The van der Waals surface area contributed by atoms with Gasteiger partial charge in [0.15, 0.2) is 11.7 Å².